The van der Waals surface area contributed by atoms with E-state index in [-0.39, 0.29) is 25.0 Å². The van der Waals surface area contributed by atoms with E-state index >= 15 is 0 Å². The number of hydrogen-bond acceptors (Lipinski definition) is 5. The van der Waals surface area contributed by atoms with Crippen molar-refractivity contribution in [2.24, 2.45) is 0 Å². The van der Waals surface area contributed by atoms with Crippen molar-refractivity contribution in [1.82, 2.24) is 5.32 Å². The average molecular weight is 384 g/mol. The van der Waals surface area contributed by atoms with Gasteiger partial charge in [-0.2, -0.15) is 0 Å². The lowest BCUT2D eigenvalue weighted by Crippen LogP contribution is -2.39. The molecule has 0 fully saturated rings. The predicted molar refractivity (Wildman–Crippen MR) is 105 cm³/mol. The van der Waals surface area contributed by atoms with E-state index in [9.17, 15) is 14.4 Å². The average Bonchev–Trinajstić information content (AvgIpc) is 2.70. The third kappa shape index (κ3) is 6.12. The van der Waals surface area contributed by atoms with Crippen molar-refractivity contribution >= 4 is 23.5 Å². The van der Waals surface area contributed by atoms with Crippen LogP contribution in [0.4, 0.5) is 5.69 Å². The zero-order valence-electron chi connectivity index (χ0n) is 16.2. The molecule has 28 heavy (non-hydrogen) atoms. The molecule has 2 amide bonds. The van der Waals surface area contributed by atoms with Crippen molar-refractivity contribution in [2.45, 2.75) is 13.8 Å². The summed E-state index contributed by atoms with van der Waals surface area (Å²) in [5.74, 6) is -0.264. The molecule has 0 aliphatic heterocycles. The lowest BCUT2D eigenvalue weighted by molar-refractivity contribution is -0.123. The molecular weight excluding hydrogens is 360 g/mol. The van der Waals surface area contributed by atoms with Gasteiger partial charge in [-0.25, -0.2) is 4.79 Å². The first-order chi connectivity index (χ1) is 13.4. The minimum absolute atomic E-state index is 0.100. The van der Waals surface area contributed by atoms with E-state index in [4.69, 9.17) is 4.74 Å². The number of benzene rings is 2. The predicted octanol–water partition coefficient (Wildman–Crippen LogP) is 2.33. The molecule has 0 saturated carbocycles. The van der Waals surface area contributed by atoms with E-state index in [1.54, 1.807) is 36.4 Å². The van der Waals surface area contributed by atoms with Crippen molar-refractivity contribution in [3.8, 4) is 5.75 Å². The fraction of sp³-hybridized carbons (Fsp3) is 0.286. The topological polar surface area (TPSA) is 84.9 Å². The fourth-order valence-corrected chi connectivity index (χ4v) is 2.51. The molecule has 0 heterocycles. The lowest BCUT2D eigenvalue weighted by Gasteiger charge is -2.21. The van der Waals surface area contributed by atoms with Gasteiger partial charge in [0.05, 0.1) is 12.7 Å². The molecule has 0 saturated heterocycles. The summed E-state index contributed by atoms with van der Waals surface area (Å²) in [6.45, 7) is 3.88. The summed E-state index contributed by atoms with van der Waals surface area (Å²) >= 11 is 0. The molecule has 0 radical (unpaired) electrons. The Bertz CT molecular complexity index is 816. The SMILES string of the molecule is COC(=O)c1ccc(N(CCNC(=O)COc2ccc(C)cc2)C(C)=O)cc1. The summed E-state index contributed by atoms with van der Waals surface area (Å²) in [4.78, 5) is 36.9. The number of aryl methyl sites for hydroxylation is 1. The summed E-state index contributed by atoms with van der Waals surface area (Å²) in [5.41, 5.74) is 2.14. The lowest BCUT2D eigenvalue weighted by atomic mass is 10.2. The third-order valence-electron chi connectivity index (χ3n) is 4.03. The van der Waals surface area contributed by atoms with Crippen molar-refractivity contribution in [3.63, 3.8) is 0 Å². The highest BCUT2D eigenvalue weighted by Crippen LogP contribution is 2.16. The molecule has 7 nitrogen and oxygen atoms in total. The molecule has 2 aromatic carbocycles. The van der Waals surface area contributed by atoms with Crippen LogP contribution in [0.25, 0.3) is 0 Å². The van der Waals surface area contributed by atoms with E-state index < -0.39 is 5.97 Å². The Hall–Kier alpha value is -3.35. The molecule has 0 spiro atoms. The Morgan fingerprint density at radius 3 is 2.21 bits per heavy atom. The molecule has 0 aromatic heterocycles. The second-order valence-electron chi connectivity index (χ2n) is 6.16. The first-order valence-corrected chi connectivity index (χ1v) is 8.83. The summed E-state index contributed by atoms with van der Waals surface area (Å²) < 4.78 is 10.1. The fourth-order valence-electron chi connectivity index (χ4n) is 2.51. The Morgan fingerprint density at radius 1 is 1.00 bits per heavy atom. The van der Waals surface area contributed by atoms with Crippen molar-refractivity contribution in [2.75, 3.05) is 31.7 Å². The molecular formula is C21H24N2O5. The van der Waals surface area contributed by atoms with Crippen LogP contribution in [0.15, 0.2) is 48.5 Å². The van der Waals surface area contributed by atoms with Crippen LogP contribution >= 0.6 is 0 Å². The minimum Gasteiger partial charge on any atom is -0.484 e. The van der Waals surface area contributed by atoms with Gasteiger partial charge >= 0.3 is 5.97 Å². The van der Waals surface area contributed by atoms with Crippen LogP contribution < -0.4 is 15.0 Å². The number of hydrogen-bond donors (Lipinski definition) is 1. The molecule has 7 heteroatoms. The molecule has 0 aliphatic rings. The van der Waals surface area contributed by atoms with Crippen LogP contribution in [0.2, 0.25) is 0 Å². The Balaban J connectivity index is 1.84. The van der Waals surface area contributed by atoms with E-state index in [1.807, 2.05) is 19.1 Å². The smallest absolute Gasteiger partial charge is 0.337 e. The second-order valence-corrected chi connectivity index (χ2v) is 6.16. The largest absolute Gasteiger partial charge is 0.484 e. The standard InChI is InChI=1S/C21H24N2O5/c1-15-4-10-19(11-5-15)28-14-20(25)22-12-13-23(16(2)24)18-8-6-17(7-9-18)21(26)27-3/h4-11H,12-14H2,1-3H3,(H,22,25). The van der Waals surface area contributed by atoms with Crippen molar-refractivity contribution < 1.29 is 23.9 Å². The van der Waals surface area contributed by atoms with Crippen molar-refractivity contribution in [1.29, 1.82) is 0 Å². The van der Waals surface area contributed by atoms with Crippen LogP contribution in [0.5, 0.6) is 5.75 Å². The van der Waals surface area contributed by atoms with Gasteiger partial charge in [0, 0.05) is 25.7 Å². The van der Waals surface area contributed by atoms with Gasteiger partial charge in [-0.05, 0) is 43.3 Å². The Morgan fingerprint density at radius 2 is 1.64 bits per heavy atom. The van der Waals surface area contributed by atoms with Gasteiger partial charge in [0.1, 0.15) is 5.75 Å². The van der Waals surface area contributed by atoms with E-state index in [0.717, 1.165) is 5.56 Å². The zero-order valence-corrected chi connectivity index (χ0v) is 16.2. The number of anilines is 1. The number of esters is 1. The first-order valence-electron chi connectivity index (χ1n) is 8.83. The summed E-state index contributed by atoms with van der Waals surface area (Å²) in [7, 11) is 1.31. The molecule has 1 N–H and O–H groups in total. The molecule has 2 rings (SSSR count). The quantitative estimate of drug-likeness (QED) is 0.706. The van der Waals surface area contributed by atoms with Crippen LogP contribution in [0, 0.1) is 6.92 Å². The van der Waals surface area contributed by atoms with Gasteiger partial charge in [0.15, 0.2) is 6.61 Å². The highest BCUT2D eigenvalue weighted by Gasteiger charge is 2.13. The van der Waals surface area contributed by atoms with Gasteiger partial charge in [-0.15, -0.1) is 0 Å². The number of carbonyl (C=O) groups excluding carboxylic acids is 3. The molecule has 0 bridgehead atoms. The first kappa shape index (κ1) is 21.0. The number of nitrogens with one attached hydrogen (secondary N) is 1. The van der Waals surface area contributed by atoms with Gasteiger partial charge in [0.25, 0.3) is 5.91 Å². The summed E-state index contributed by atoms with van der Waals surface area (Å²) in [6, 6.07) is 13.9. The highest BCUT2D eigenvalue weighted by molar-refractivity contribution is 5.93. The highest BCUT2D eigenvalue weighted by atomic mass is 16.5. The molecule has 0 unspecified atom stereocenters. The van der Waals surface area contributed by atoms with Gasteiger partial charge in [-0.1, -0.05) is 17.7 Å². The second kappa shape index (κ2) is 10.1. The summed E-state index contributed by atoms with van der Waals surface area (Å²) in [6.07, 6.45) is 0. The number of nitrogens with zero attached hydrogens (tertiary/aromatic N) is 1. The molecule has 148 valence electrons. The molecule has 0 atom stereocenters. The molecule has 0 aliphatic carbocycles. The Labute approximate surface area is 164 Å². The number of carbonyl (C=O) groups is 3. The monoisotopic (exact) mass is 384 g/mol. The third-order valence-corrected chi connectivity index (χ3v) is 4.03. The van der Waals surface area contributed by atoms with Crippen LogP contribution in [-0.2, 0) is 14.3 Å². The van der Waals surface area contributed by atoms with Crippen LogP contribution in [0.3, 0.4) is 0 Å². The van der Waals surface area contributed by atoms with Crippen LogP contribution in [-0.4, -0.2) is 44.6 Å². The van der Waals surface area contributed by atoms with E-state index in [2.05, 4.69) is 10.1 Å². The van der Waals surface area contributed by atoms with Gasteiger partial charge < -0.3 is 19.7 Å². The number of rotatable bonds is 8. The normalized spacial score (nSPS) is 10.1. The maximum atomic E-state index is 11.9. The van der Waals surface area contributed by atoms with Gasteiger partial charge in [-0.3, -0.25) is 9.59 Å². The van der Waals surface area contributed by atoms with Crippen molar-refractivity contribution in [3.05, 3.63) is 59.7 Å². The zero-order chi connectivity index (χ0) is 20.5. The molecule has 2 aromatic rings. The van der Waals surface area contributed by atoms with Gasteiger partial charge in [0.2, 0.25) is 5.91 Å². The van der Waals surface area contributed by atoms with Crippen LogP contribution in [0.1, 0.15) is 22.8 Å². The number of ether oxygens (including phenoxy) is 2. The minimum atomic E-state index is -0.443. The number of methoxy groups -OCH3 is 1. The maximum Gasteiger partial charge on any atom is 0.337 e. The van der Waals surface area contributed by atoms with E-state index in [0.29, 0.717) is 23.5 Å². The van der Waals surface area contributed by atoms with E-state index in [1.165, 1.54) is 18.9 Å². The Kier molecular flexibility index (Phi) is 7.56. The summed E-state index contributed by atoms with van der Waals surface area (Å²) in [5, 5.41) is 2.73. The number of amides is 2. The maximum absolute atomic E-state index is 11.9.